The monoisotopic (exact) mass is 127 g/mol. The summed E-state index contributed by atoms with van der Waals surface area (Å²) in [6.45, 7) is 6.36. The van der Waals surface area contributed by atoms with Gasteiger partial charge in [0, 0.05) is 13.2 Å². The van der Waals surface area contributed by atoms with Crippen molar-refractivity contribution in [3.8, 4) is 0 Å². The Morgan fingerprint density at radius 2 is 2.33 bits per heavy atom. The van der Waals surface area contributed by atoms with Crippen LogP contribution in [0.1, 0.15) is 13.3 Å². The van der Waals surface area contributed by atoms with E-state index in [2.05, 4.69) is 23.8 Å². The summed E-state index contributed by atoms with van der Waals surface area (Å²) in [4.78, 5) is 0. The van der Waals surface area contributed by atoms with Gasteiger partial charge in [0.05, 0.1) is 6.54 Å². The van der Waals surface area contributed by atoms with E-state index < -0.39 is 0 Å². The molecule has 0 aliphatic rings. The maximum atomic E-state index is 3.84. The average molecular weight is 127 g/mol. The molecule has 0 aliphatic carbocycles. The highest BCUT2D eigenvalue weighted by Gasteiger charge is 1.78. The molecule has 0 saturated carbocycles. The molecule has 0 saturated heterocycles. The van der Waals surface area contributed by atoms with Gasteiger partial charge in [0.1, 0.15) is 0 Å². The molecule has 0 aromatic rings. The maximum Gasteiger partial charge on any atom is 0.0617 e. The van der Waals surface area contributed by atoms with Gasteiger partial charge in [-0.1, -0.05) is 18.7 Å². The number of rotatable bonds is 4. The fraction of sp³-hybridized carbons (Fsp3) is 0.667. The van der Waals surface area contributed by atoms with E-state index in [1.807, 2.05) is 0 Å². The third-order valence-electron chi connectivity index (χ3n) is 0.792. The summed E-state index contributed by atoms with van der Waals surface area (Å²) in [6.07, 6.45) is 2.65. The SMILES string of the molecule is C=CN(C)N=NCCC. The van der Waals surface area contributed by atoms with Crippen LogP contribution in [0, 0.1) is 0 Å². The Morgan fingerprint density at radius 1 is 1.67 bits per heavy atom. The molecule has 0 bridgehead atoms. The van der Waals surface area contributed by atoms with Crippen molar-refractivity contribution >= 4 is 0 Å². The van der Waals surface area contributed by atoms with E-state index >= 15 is 0 Å². The first-order valence-electron chi connectivity index (χ1n) is 3.04. The number of hydrogen-bond acceptors (Lipinski definition) is 2. The van der Waals surface area contributed by atoms with Crippen LogP contribution in [0.2, 0.25) is 0 Å². The lowest BCUT2D eigenvalue weighted by molar-refractivity contribution is 0.446. The van der Waals surface area contributed by atoms with E-state index in [1.54, 1.807) is 18.3 Å². The van der Waals surface area contributed by atoms with Crippen molar-refractivity contribution in [1.82, 2.24) is 5.01 Å². The third-order valence-corrected chi connectivity index (χ3v) is 0.792. The zero-order chi connectivity index (χ0) is 7.11. The van der Waals surface area contributed by atoms with Crippen LogP contribution < -0.4 is 0 Å². The van der Waals surface area contributed by atoms with Crippen LogP contribution in [-0.4, -0.2) is 18.6 Å². The van der Waals surface area contributed by atoms with Crippen molar-refractivity contribution < 1.29 is 0 Å². The summed E-state index contributed by atoms with van der Waals surface area (Å²) in [7, 11) is 1.80. The Kier molecular flexibility index (Phi) is 4.78. The van der Waals surface area contributed by atoms with Gasteiger partial charge in [0.15, 0.2) is 0 Å². The van der Waals surface area contributed by atoms with Crippen LogP contribution in [0.4, 0.5) is 0 Å². The van der Waals surface area contributed by atoms with E-state index in [4.69, 9.17) is 0 Å². The van der Waals surface area contributed by atoms with E-state index in [1.165, 1.54) is 0 Å². The molecule has 52 valence electrons. The number of nitrogens with zero attached hydrogens (tertiary/aromatic N) is 3. The topological polar surface area (TPSA) is 28.0 Å². The van der Waals surface area contributed by atoms with E-state index in [0.29, 0.717) is 0 Å². The van der Waals surface area contributed by atoms with Crippen LogP contribution in [0.15, 0.2) is 23.1 Å². The molecule has 0 amide bonds. The predicted molar refractivity (Wildman–Crippen MR) is 38.0 cm³/mol. The maximum absolute atomic E-state index is 3.84. The van der Waals surface area contributed by atoms with E-state index in [0.717, 1.165) is 13.0 Å². The first kappa shape index (κ1) is 8.14. The molecule has 3 nitrogen and oxygen atoms in total. The Morgan fingerprint density at radius 3 is 2.78 bits per heavy atom. The Bertz CT molecular complexity index is 98.5. The molecule has 0 aromatic carbocycles. The molecule has 0 radical (unpaired) electrons. The third kappa shape index (κ3) is 5.00. The summed E-state index contributed by atoms with van der Waals surface area (Å²) in [5.41, 5.74) is 0. The molecule has 0 unspecified atom stereocenters. The van der Waals surface area contributed by atoms with Crippen molar-refractivity contribution in [2.75, 3.05) is 13.6 Å². The van der Waals surface area contributed by atoms with Crippen molar-refractivity contribution in [1.29, 1.82) is 0 Å². The molecule has 0 rings (SSSR count). The van der Waals surface area contributed by atoms with Crippen LogP contribution in [0.5, 0.6) is 0 Å². The minimum absolute atomic E-state index is 0.790. The second-order valence-electron chi connectivity index (χ2n) is 1.71. The zero-order valence-electron chi connectivity index (χ0n) is 6.04. The molecule has 0 spiro atoms. The standard InChI is InChI=1S/C6H13N3/c1-4-6-7-8-9(3)5-2/h5H,2,4,6H2,1,3H3. The van der Waals surface area contributed by atoms with Crippen molar-refractivity contribution in [3.63, 3.8) is 0 Å². The van der Waals surface area contributed by atoms with Crippen LogP contribution in [-0.2, 0) is 0 Å². The summed E-state index contributed by atoms with van der Waals surface area (Å²) in [5.74, 6) is 0. The first-order chi connectivity index (χ1) is 4.31. The van der Waals surface area contributed by atoms with Crippen LogP contribution in [0.3, 0.4) is 0 Å². The molecule has 0 atom stereocenters. The summed E-state index contributed by atoms with van der Waals surface area (Å²) >= 11 is 0. The smallest absolute Gasteiger partial charge is 0.0617 e. The molecule has 0 aliphatic heterocycles. The Balaban J connectivity index is 3.31. The van der Waals surface area contributed by atoms with Gasteiger partial charge >= 0.3 is 0 Å². The molecule has 0 aromatic heterocycles. The van der Waals surface area contributed by atoms with Gasteiger partial charge in [-0.05, 0) is 6.42 Å². The minimum atomic E-state index is 0.790. The predicted octanol–water partition coefficient (Wildman–Crippen LogP) is 1.84. The largest absolute Gasteiger partial charge is 0.258 e. The molecule has 3 heteroatoms. The van der Waals surface area contributed by atoms with Crippen molar-refractivity contribution in [2.24, 2.45) is 10.3 Å². The lowest BCUT2D eigenvalue weighted by Gasteiger charge is -2.00. The Hall–Kier alpha value is -0.860. The van der Waals surface area contributed by atoms with Crippen molar-refractivity contribution in [2.45, 2.75) is 13.3 Å². The second kappa shape index (κ2) is 5.28. The van der Waals surface area contributed by atoms with Gasteiger partial charge in [-0.2, -0.15) is 5.11 Å². The lowest BCUT2D eigenvalue weighted by atomic mass is 10.5. The highest BCUT2D eigenvalue weighted by atomic mass is 15.5. The Labute approximate surface area is 56.1 Å². The fourth-order valence-electron chi connectivity index (χ4n) is 0.281. The van der Waals surface area contributed by atoms with Gasteiger partial charge in [-0.3, -0.25) is 5.01 Å². The highest BCUT2D eigenvalue weighted by Crippen LogP contribution is 1.85. The average Bonchev–Trinajstić information content (AvgIpc) is 1.89. The molecular formula is C6H13N3. The first-order valence-corrected chi connectivity index (χ1v) is 3.04. The van der Waals surface area contributed by atoms with Crippen molar-refractivity contribution in [3.05, 3.63) is 12.8 Å². The molecule has 0 fully saturated rings. The molecule has 0 N–H and O–H groups in total. The summed E-state index contributed by atoms with van der Waals surface area (Å²) < 4.78 is 0. The summed E-state index contributed by atoms with van der Waals surface area (Å²) in [5, 5.41) is 9.19. The number of hydrogen-bond donors (Lipinski definition) is 0. The minimum Gasteiger partial charge on any atom is -0.258 e. The lowest BCUT2D eigenvalue weighted by Crippen LogP contribution is -1.97. The zero-order valence-corrected chi connectivity index (χ0v) is 6.04. The van der Waals surface area contributed by atoms with Gasteiger partial charge in [0.25, 0.3) is 0 Å². The van der Waals surface area contributed by atoms with Crippen LogP contribution in [0.25, 0.3) is 0 Å². The van der Waals surface area contributed by atoms with E-state index in [9.17, 15) is 0 Å². The fourth-order valence-corrected chi connectivity index (χ4v) is 0.281. The molecule has 0 heterocycles. The summed E-state index contributed by atoms with van der Waals surface area (Å²) in [6, 6.07) is 0. The van der Waals surface area contributed by atoms with Gasteiger partial charge in [0.2, 0.25) is 0 Å². The normalized spacial score (nSPS) is 10.0. The second-order valence-corrected chi connectivity index (χ2v) is 1.71. The molecular weight excluding hydrogens is 114 g/mol. The van der Waals surface area contributed by atoms with Crippen LogP contribution >= 0.6 is 0 Å². The quantitative estimate of drug-likeness (QED) is 0.418. The van der Waals surface area contributed by atoms with Gasteiger partial charge in [-0.25, -0.2) is 0 Å². The van der Waals surface area contributed by atoms with Gasteiger partial charge in [-0.15, -0.1) is 0 Å². The van der Waals surface area contributed by atoms with Gasteiger partial charge < -0.3 is 0 Å². The van der Waals surface area contributed by atoms with E-state index in [-0.39, 0.29) is 0 Å². The molecule has 9 heavy (non-hydrogen) atoms. The highest BCUT2D eigenvalue weighted by molar-refractivity contribution is 4.59.